The maximum absolute atomic E-state index is 10.8. The first-order valence-electron chi connectivity index (χ1n) is 3.50. The Labute approximate surface area is 90.6 Å². The highest BCUT2D eigenvalue weighted by molar-refractivity contribution is 6.36. The van der Waals surface area contributed by atoms with Gasteiger partial charge in [0.25, 0.3) is 5.91 Å². The van der Waals surface area contributed by atoms with Crippen molar-refractivity contribution in [3.63, 3.8) is 0 Å². The lowest BCUT2D eigenvalue weighted by Crippen LogP contribution is -2.08. The number of phenols is 1. The summed E-state index contributed by atoms with van der Waals surface area (Å²) in [4.78, 5) is 10.8. The average molecular weight is 230 g/mol. The van der Waals surface area contributed by atoms with Crippen LogP contribution in [0, 0.1) is 12.3 Å². The molecule has 0 aliphatic heterocycles. The molecule has 1 rings (SSSR count). The van der Waals surface area contributed by atoms with Crippen LogP contribution in [0.4, 0.5) is 5.69 Å². The quantitative estimate of drug-likeness (QED) is 0.574. The fourth-order valence-electron chi connectivity index (χ4n) is 0.820. The number of terminal acetylenes is 1. The van der Waals surface area contributed by atoms with Crippen LogP contribution in [0.25, 0.3) is 0 Å². The van der Waals surface area contributed by atoms with Crippen LogP contribution >= 0.6 is 23.2 Å². The minimum atomic E-state index is -0.682. The van der Waals surface area contributed by atoms with Crippen molar-refractivity contribution in [2.45, 2.75) is 0 Å². The summed E-state index contributed by atoms with van der Waals surface area (Å²) in [6, 6.07) is 2.70. The zero-order chi connectivity index (χ0) is 10.7. The van der Waals surface area contributed by atoms with Gasteiger partial charge in [0.05, 0.1) is 10.7 Å². The van der Waals surface area contributed by atoms with E-state index in [4.69, 9.17) is 29.6 Å². The molecule has 14 heavy (non-hydrogen) atoms. The van der Waals surface area contributed by atoms with Crippen LogP contribution < -0.4 is 5.32 Å². The normalized spacial score (nSPS) is 9.21. The molecule has 5 heteroatoms. The van der Waals surface area contributed by atoms with E-state index in [-0.39, 0.29) is 16.5 Å². The number of amides is 1. The summed E-state index contributed by atoms with van der Waals surface area (Å²) in [6.07, 6.45) is 4.84. The van der Waals surface area contributed by atoms with Gasteiger partial charge in [-0.15, -0.1) is 6.42 Å². The number of hydrogen-bond acceptors (Lipinski definition) is 2. The second-order valence-corrected chi connectivity index (χ2v) is 3.23. The molecule has 0 saturated heterocycles. The van der Waals surface area contributed by atoms with Crippen LogP contribution in [-0.4, -0.2) is 11.0 Å². The zero-order valence-corrected chi connectivity index (χ0v) is 8.36. The number of carbonyl (C=O) groups is 1. The van der Waals surface area contributed by atoms with Crippen molar-refractivity contribution in [2.75, 3.05) is 5.32 Å². The van der Waals surface area contributed by atoms with Crippen LogP contribution in [0.1, 0.15) is 0 Å². The van der Waals surface area contributed by atoms with Gasteiger partial charge >= 0.3 is 0 Å². The highest BCUT2D eigenvalue weighted by Gasteiger charge is 2.09. The van der Waals surface area contributed by atoms with E-state index >= 15 is 0 Å². The van der Waals surface area contributed by atoms with Gasteiger partial charge in [0.1, 0.15) is 0 Å². The molecule has 1 aromatic rings. The van der Waals surface area contributed by atoms with E-state index in [0.717, 1.165) is 0 Å². The monoisotopic (exact) mass is 229 g/mol. The van der Waals surface area contributed by atoms with Crippen LogP contribution in [0.5, 0.6) is 5.75 Å². The lowest BCUT2D eigenvalue weighted by Gasteiger charge is -2.06. The molecule has 0 heterocycles. The third-order valence-corrected chi connectivity index (χ3v) is 1.91. The fraction of sp³-hybridized carbons (Fsp3) is 0. The van der Waals surface area contributed by atoms with Gasteiger partial charge in [0, 0.05) is 5.02 Å². The molecular formula is C9H5Cl2NO2. The predicted octanol–water partition coefficient (Wildman–Crippen LogP) is 2.27. The molecule has 0 fully saturated rings. The Hall–Kier alpha value is -1.37. The van der Waals surface area contributed by atoms with Crippen molar-refractivity contribution in [3.8, 4) is 18.1 Å². The Morgan fingerprint density at radius 2 is 2.14 bits per heavy atom. The summed E-state index contributed by atoms with van der Waals surface area (Å²) in [5.41, 5.74) is 0.0884. The molecule has 0 saturated carbocycles. The summed E-state index contributed by atoms with van der Waals surface area (Å²) in [7, 11) is 0. The highest BCUT2D eigenvalue weighted by Crippen LogP contribution is 2.34. The average Bonchev–Trinajstić information content (AvgIpc) is 2.13. The molecule has 0 radical (unpaired) electrons. The van der Waals surface area contributed by atoms with E-state index in [1.165, 1.54) is 12.1 Å². The van der Waals surface area contributed by atoms with Crippen molar-refractivity contribution >= 4 is 34.8 Å². The van der Waals surface area contributed by atoms with Gasteiger partial charge in [0.2, 0.25) is 0 Å². The number of aromatic hydroxyl groups is 1. The highest BCUT2D eigenvalue weighted by atomic mass is 35.5. The standard InChI is InChI=1S/C9H5Cl2NO2/c1-2-8(13)12-7-4-5(10)3-6(11)9(7)14/h1,3-4,14H,(H,12,13). The SMILES string of the molecule is C#CC(=O)Nc1cc(Cl)cc(Cl)c1O. The zero-order valence-electron chi connectivity index (χ0n) is 6.84. The minimum absolute atomic E-state index is 0.0461. The number of hydrogen-bond donors (Lipinski definition) is 2. The molecule has 3 nitrogen and oxygen atoms in total. The van der Waals surface area contributed by atoms with E-state index in [2.05, 4.69) is 5.32 Å². The molecule has 72 valence electrons. The Kier molecular flexibility index (Phi) is 3.23. The molecule has 1 aromatic carbocycles. The Bertz CT molecular complexity index is 424. The van der Waals surface area contributed by atoms with E-state index in [9.17, 15) is 9.90 Å². The summed E-state index contributed by atoms with van der Waals surface area (Å²) in [6.45, 7) is 0. The summed E-state index contributed by atoms with van der Waals surface area (Å²) in [5.74, 6) is 0.886. The maximum atomic E-state index is 10.8. The van der Waals surface area contributed by atoms with E-state index in [1.807, 2.05) is 5.92 Å². The summed E-state index contributed by atoms with van der Waals surface area (Å²) >= 11 is 11.3. The number of rotatable bonds is 1. The van der Waals surface area contributed by atoms with Crippen LogP contribution in [0.2, 0.25) is 10.0 Å². The number of halogens is 2. The van der Waals surface area contributed by atoms with Gasteiger partial charge in [-0.25, -0.2) is 0 Å². The smallest absolute Gasteiger partial charge is 0.300 e. The summed E-state index contributed by atoms with van der Waals surface area (Å²) in [5, 5.41) is 12.0. The first kappa shape index (κ1) is 10.7. The second-order valence-electron chi connectivity index (χ2n) is 2.38. The Morgan fingerprint density at radius 1 is 1.50 bits per heavy atom. The van der Waals surface area contributed by atoms with Crippen LogP contribution in [0.3, 0.4) is 0 Å². The van der Waals surface area contributed by atoms with E-state index in [0.29, 0.717) is 5.02 Å². The minimum Gasteiger partial charge on any atom is -0.504 e. The van der Waals surface area contributed by atoms with Gasteiger partial charge in [-0.1, -0.05) is 23.2 Å². The molecule has 2 N–H and O–H groups in total. The third kappa shape index (κ3) is 2.32. The number of carbonyl (C=O) groups excluding carboxylic acids is 1. The first-order chi connectivity index (χ1) is 6.54. The number of anilines is 1. The molecular weight excluding hydrogens is 225 g/mol. The molecule has 0 aliphatic carbocycles. The van der Waals surface area contributed by atoms with Crippen molar-refractivity contribution in [1.82, 2.24) is 0 Å². The lowest BCUT2D eigenvalue weighted by atomic mass is 10.3. The number of phenolic OH excluding ortho intramolecular Hbond substituents is 1. The molecule has 0 unspecified atom stereocenters. The Balaban J connectivity index is 3.09. The first-order valence-corrected chi connectivity index (χ1v) is 4.26. The molecule has 0 aromatic heterocycles. The predicted molar refractivity (Wildman–Crippen MR) is 55.6 cm³/mol. The molecule has 0 aliphatic rings. The topological polar surface area (TPSA) is 49.3 Å². The number of nitrogens with one attached hydrogen (secondary N) is 1. The largest absolute Gasteiger partial charge is 0.504 e. The van der Waals surface area contributed by atoms with Crippen molar-refractivity contribution in [1.29, 1.82) is 0 Å². The number of benzene rings is 1. The van der Waals surface area contributed by atoms with Crippen LogP contribution in [-0.2, 0) is 4.79 Å². The Morgan fingerprint density at radius 3 is 2.71 bits per heavy atom. The van der Waals surface area contributed by atoms with Gasteiger partial charge in [0.15, 0.2) is 5.75 Å². The van der Waals surface area contributed by atoms with E-state index < -0.39 is 5.91 Å². The molecule has 0 bridgehead atoms. The van der Waals surface area contributed by atoms with Crippen LogP contribution in [0.15, 0.2) is 12.1 Å². The van der Waals surface area contributed by atoms with Gasteiger partial charge in [-0.05, 0) is 18.1 Å². The second kappa shape index (κ2) is 4.23. The van der Waals surface area contributed by atoms with Crippen molar-refractivity contribution in [3.05, 3.63) is 22.2 Å². The van der Waals surface area contributed by atoms with Gasteiger partial charge in [-0.3, -0.25) is 4.79 Å². The lowest BCUT2D eigenvalue weighted by molar-refractivity contribution is -0.111. The molecule has 1 amide bonds. The molecule has 0 atom stereocenters. The fourth-order valence-corrected chi connectivity index (χ4v) is 1.31. The summed E-state index contributed by atoms with van der Waals surface area (Å²) < 4.78 is 0. The third-order valence-electron chi connectivity index (χ3n) is 1.41. The maximum Gasteiger partial charge on any atom is 0.300 e. The molecule has 0 spiro atoms. The van der Waals surface area contributed by atoms with E-state index in [1.54, 1.807) is 0 Å². The van der Waals surface area contributed by atoms with Crippen molar-refractivity contribution < 1.29 is 9.90 Å². The van der Waals surface area contributed by atoms with Gasteiger partial charge in [-0.2, -0.15) is 0 Å². The van der Waals surface area contributed by atoms with Gasteiger partial charge < -0.3 is 10.4 Å². The van der Waals surface area contributed by atoms with Crippen molar-refractivity contribution in [2.24, 2.45) is 0 Å².